The van der Waals surface area contributed by atoms with Crippen molar-refractivity contribution in [1.82, 2.24) is 9.97 Å². The maximum absolute atomic E-state index is 13.5. The maximum atomic E-state index is 13.5. The summed E-state index contributed by atoms with van der Waals surface area (Å²) in [5.41, 5.74) is 2.54. The fourth-order valence-corrected chi connectivity index (χ4v) is 2.61. The second kappa shape index (κ2) is 3.63. The van der Waals surface area contributed by atoms with E-state index in [9.17, 15) is 8.78 Å². The van der Waals surface area contributed by atoms with Crippen molar-refractivity contribution in [2.45, 2.75) is 6.92 Å². The van der Waals surface area contributed by atoms with Crippen LogP contribution in [0, 0.1) is 18.6 Å². The third kappa shape index (κ3) is 1.63. The average molecular weight is 250 g/mol. The quantitative estimate of drug-likeness (QED) is 0.697. The summed E-state index contributed by atoms with van der Waals surface area (Å²) in [6, 6.07) is 2.09. The van der Waals surface area contributed by atoms with Gasteiger partial charge in [-0.1, -0.05) is 0 Å². The van der Waals surface area contributed by atoms with Crippen LogP contribution in [0.1, 0.15) is 5.56 Å². The Morgan fingerprint density at radius 1 is 1.24 bits per heavy atom. The molecule has 0 fully saturated rings. The SMILES string of the molecule is Cc1cscc1-c1nc2c(F)cc(F)cc2[nH]1. The molecule has 3 aromatic rings. The number of aryl methyl sites for hydroxylation is 1. The molecule has 3 rings (SSSR count). The number of nitrogens with one attached hydrogen (secondary N) is 1. The number of rotatable bonds is 1. The van der Waals surface area contributed by atoms with Gasteiger partial charge in [0.05, 0.1) is 5.52 Å². The van der Waals surface area contributed by atoms with E-state index in [0.717, 1.165) is 17.2 Å². The highest BCUT2D eigenvalue weighted by atomic mass is 32.1. The van der Waals surface area contributed by atoms with Crippen molar-refractivity contribution in [1.29, 1.82) is 0 Å². The number of benzene rings is 1. The second-order valence-corrected chi connectivity index (χ2v) is 4.58. The fourth-order valence-electron chi connectivity index (χ4n) is 1.77. The molecule has 0 aliphatic heterocycles. The molecule has 1 aromatic carbocycles. The van der Waals surface area contributed by atoms with Gasteiger partial charge in [0.1, 0.15) is 17.2 Å². The first kappa shape index (κ1) is 10.4. The Balaban J connectivity index is 2.27. The fraction of sp³-hybridized carbons (Fsp3) is 0.0833. The number of thiophene rings is 1. The van der Waals surface area contributed by atoms with E-state index < -0.39 is 11.6 Å². The molecule has 5 heteroatoms. The Morgan fingerprint density at radius 2 is 2.06 bits per heavy atom. The van der Waals surface area contributed by atoms with E-state index in [1.807, 2.05) is 17.7 Å². The molecular weight excluding hydrogens is 242 g/mol. The minimum atomic E-state index is -0.643. The van der Waals surface area contributed by atoms with Crippen LogP contribution in [0.2, 0.25) is 0 Å². The molecule has 86 valence electrons. The van der Waals surface area contributed by atoms with E-state index in [1.165, 1.54) is 6.07 Å². The largest absolute Gasteiger partial charge is 0.338 e. The lowest BCUT2D eigenvalue weighted by atomic mass is 10.2. The first-order chi connectivity index (χ1) is 8.15. The number of halogens is 2. The zero-order valence-corrected chi connectivity index (χ0v) is 9.74. The van der Waals surface area contributed by atoms with E-state index in [1.54, 1.807) is 11.3 Å². The topological polar surface area (TPSA) is 28.7 Å². The number of aromatic amines is 1. The van der Waals surface area contributed by atoms with Crippen molar-refractivity contribution < 1.29 is 8.78 Å². The maximum Gasteiger partial charge on any atom is 0.153 e. The van der Waals surface area contributed by atoms with Crippen LogP contribution in [0.15, 0.2) is 22.9 Å². The van der Waals surface area contributed by atoms with Gasteiger partial charge in [-0.3, -0.25) is 0 Å². The molecule has 0 radical (unpaired) electrons. The highest BCUT2D eigenvalue weighted by Gasteiger charge is 2.12. The van der Waals surface area contributed by atoms with Gasteiger partial charge in [0.25, 0.3) is 0 Å². The summed E-state index contributed by atoms with van der Waals surface area (Å²) in [5.74, 6) is -0.675. The molecule has 0 spiro atoms. The summed E-state index contributed by atoms with van der Waals surface area (Å²) in [6.45, 7) is 1.95. The van der Waals surface area contributed by atoms with E-state index in [0.29, 0.717) is 11.3 Å². The van der Waals surface area contributed by atoms with Gasteiger partial charge in [-0.25, -0.2) is 13.8 Å². The number of hydrogen-bond donors (Lipinski definition) is 1. The van der Waals surface area contributed by atoms with Crippen molar-refractivity contribution in [2.75, 3.05) is 0 Å². The Kier molecular flexibility index (Phi) is 2.22. The van der Waals surface area contributed by atoms with Gasteiger partial charge >= 0.3 is 0 Å². The Labute approximate surface area is 99.9 Å². The molecule has 0 unspecified atom stereocenters. The summed E-state index contributed by atoms with van der Waals surface area (Å²) in [6.07, 6.45) is 0. The molecular formula is C12H8F2N2S. The summed E-state index contributed by atoms with van der Waals surface area (Å²) >= 11 is 1.55. The standard InChI is InChI=1S/C12H8F2N2S/c1-6-4-17-5-8(6)12-15-10-3-7(13)2-9(14)11(10)16-12/h2-5H,1H3,(H,15,16). The smallest absolute Gasteiger partial charge is 0.153 e. The van der Waals surface area contributed by atoms with Crippen molar-refractivity contribution in [3.63, 3.8) is 0 Å². The van der Waals surface area contributed by atoms with E-state index in [2.05, 4.69) is 9.97 Å². The van der Waals surface area contributed by atoms with Crippen LogP contribution in [0.25, 0.3) is 22.4 Å². The number of aromatic nitrogens is 2. The lowest BCUT2D eigenvalue weighted by Gasteiger charge is -1.92. The number of fused-ring (bicyclic) bond motifs is 1. The van der Waals surface area contributed by atoms with Gasteiger partial charge in [0, 0.05) is 17.0 Å². The first-order valence-electron chi connectivity index (χ1n) is 5.03. The van der Waals surface area contributed by atoms with Crippen LogP contribution in [0.5, 0.6) is 0 Å². The molecule has 2 heterocycles. The molecule has 0 saturated carbocycles. The van der Waals surface area contributed by atoms with Crippen molar-refractivity contribution in [3.8, 4) is 11.4 Å². The number of nitrogens with zero attached hydrogens (tertiary/aromatic N) is 1. The van der Waals surface area contributed by atoms with Crippen LogP contribution >= 0.6 is 11.3 Å². The minimum Gasteiger partial charge on any atom is -0.338 e. The highest BCUT2D eigenvalue weighted by molar-refractivity contribution is 7.08. The molecule has 2 aromatic heterocycles. The van der Waals surface area contributed by atoms with Crippen LogP contribution in [0.3, 0.4) is 0 Å². The highest BCUT2D eigenvalue weighted by Crippen LogP contribution is 2.27. The molecule has 0 amide bonds. The van der Waals surface area contributed by atoms with Gasteiger partial charge in [-0.2, -0.15) is 11.3 Å². The van der Waals surface area contributed by atoms with Crippen LogP contribution in [-0.2, 0) is 0 Å². The zero-order chi connectivity index (χ0) is 12.0. The predicted octanol–water partition coefficient (Wildman–Crippen LogP) is 3.88. The third-order valence-corrected chi connectivity index (χ3v) is 3.48. The molecule has 0 bridgehead atoms. The average Bonchev–Trinajstić information content (AvgIpc) is 2.83. The minimum absolute atomic E-state index is 0.173. The van der Waals surface area contributed by atoms with E-state index in [4.69, 9.17) is 0 Å². The van der Waals surface area contributed by atoms with Gasteiger partial charge in [-0.15, -0.1) is 0 Å². The molecule has 0 aliphatic rings. The van der Waals surface area contributed by atoms with E-state index in [-0.39, 0.29) is 5.52 Å². The summed E-state index contributed by atoms with van der Waals surface area (Å²) in [5, 5.41) is 3.92. The number of imidazole rings is 1. The second-order valence-electron chi connectivity index (χ2n) is 3.84. The Morgan fingerprint density at radius 3 is 2.76 bits per heavy atom. The van der Waals surface area contributed by atoms with Crippen molar-refractivity contribution in [3.05, 3.63) is 40.1 Å². The predicted molar refractivity (Wildman–Crippen MR) is 64.1 cm³/mol. The third-order valence-electron chi connectivity index (χ3n) is 2.62. The molecule has 17 heavy (non-hydrogen) atoms. The lowest BCUT2D eigenvalue weighted by molar-refractivity contribution is 0.591. The number of H-pyrrole nitrogens is 1. The number of hydrogen-bond acceptors (Lipinski definition) is 2. The van der Waals surface area contributed by atoms with Crippen molar-refractivity contribution >= 4 is 22.4 Å². The van der Waals surface area contributed by atoms with Crippen molar-refractivity contribution in [2.24, 2.45) is 0 Å². The lowest BCUT2D eigenvalue weighted by Crippen LogP contribution is -1.81. The van der Waals surface area contributed by atoms with Gasteiger partial charge in [0.15, 0.2) is 5.82 Å². The summed E-state index contributed by atoms with van der Waals surface area (Å²) in [4.78, 5) is 7.10. The van der Waals surface area contributed by atoms with Crippen LogP contribution in [0.4, 0.5) is 8.78 Å². The zero-order valence-electron chi connectivity index (χ0n) is 8.92. The molecule has 0 atom stereocenters. The Bertz CT molecular complexity index is 700. The first-order valence-corrected chi connectivity index (χ1v) is 5.97. The van der Waals surface area contributed by atoms with Gasteiger partial charge in [0.2, 0.25) is 0 Å². The normalized spacial score (nSPS) is 11.2. The summed E-state index contributed by atoms with van der Waals surface area (Å²) < 4.78 is 26.5. The summed E-state index contributed by atoms with van der Waals surface area (Å²) in [7, 11) is 0. The molecule has 0 saturated heterocycles. The van der Waals surface area contributed by atoms with Gasteiger partial charge < -0.3 is 4.98 Å². The molecule has 1 N–H and O–H groups in total. The van der Waals surface area contributed by atoms with Gasteiger partial charge in [-0.05, 0) is 23.9 Å². The Hall–Kier alpha value is -1.75. The molecule has 0 aliphatic carbocycles. The van der Waals surface area contributed by atoms with E-state index >= 15 is 0 Å². The van der Waals surface area contributed by atoms with Crippen LogP contribution < -0.4 is 0 Å². The molecule has 2 nitrogen and oxygen atoms in total. The van der Waals surface area contributed by atoms with Crippen LogP contribution in [-0.4, -0.2) is 9.97 Å². The monoisotopic (exact) mass is 250 g/mol.